The first kappa shape index (κ1) is 16.8. The molecule has 0 bridgehead atoms. The van der Waals surface area contributed by atoms with E-state index in [2.05, 4.69) is 18.3 Å². The van der Waals surface area contributed by atoms with Crippen LogP contribution < -0.4 is 10.1 Å². The fourth-order valence-electron chi connectivity index (χ4n) is 3.44. The molecule has 0 aromatic heterocycles. The second-order valence-corrected chi connectivity index (χ2v) is 6.96. The molecule has 1 N–H and O–H groups in total. The van der Waals surface area contributed by atoms with Crippen LogP contribution in [0.5, 0.6) is 5.75 Å². The molecule has 1 heterocycles. The lowest BCUT2D eigenvalue weighted by Gasteiger charge is -2.37. The van der Waals surface area contributed by atoms with E-state index < -0.39 is 0 Å². The molecule has 1 amide bonds. The van der Waals surface area contributed by atoms with Crippen molar-refractivity contribution in [3.8, 4) is 11.8 Å². The minimum atomic E-state index is 0.311. The Balaban J connectivity index is 1.54. The molecule has 5 heteroatoms. The number of methoxy groups -OCH3 is 1. The molecule has 0 unspecified atom stereocenters. The molecule has 24 heavy (non-hydrogen) atoms. The highest BCUT2D eigenvalue weighted by Gasteiger charge is 2.36. The number of hydrogen-bond donors (Lipinski definition) is 1. The second-order valence-electron chi connectivity index (χ2n) is 6.96. The third-order valence-electron chi connectivity index (χ3n) is 5.10. The van der Waals surface area contributed by atoms with Crippen molar-refractivity contribution in [2.45, 2.75) is 38.8 Å². The van der Waals surface area contributed by atoms with Gasteiger partial charge in [-0.05, 0) is 42.9 Å². The maximum atomic E-state index is 12.2. The van der Waals surface area contributed by atoms with Gasteiger partial charge in [-0.1, -0.05) is 13.0 Å². The zero-order chi connectivity index (χ0) is 17.1. The number of nitriles is 1. The molecule has 2 fully saturated rings. The highest BCUT2D eigenvalue weighted by atomic mass is 16.5. The van der Waals surface area contributed by atoms with Crippen molar-refractivity contribution < 1.29 is 9.53 Å². The van der Waals surface area contributed by atoms with Gasteiger partial charge in [0.25, 0.3) is 0 Å². The van der Waals surface area contributed by atoms with Gasteiger partial charge in [-0.25, -0.2) is 0 Å². The lowest BCUT2D eigenvalue weighted by Crippen LogP contribution is -2.50. The van der Waals surface area contributed by atoms with Gasteiger partial charge in [0, 0.05) is 31.6 Å². The molecule has 0 spiro atoms. The molecular formula is C19H25N3O2. The Labute approximate surface area is 143 Å². The Hall–Kier alpha value is -2.06. The third-order valence-corrected chi connectivity index (χ3v) is 5.10. The number of nitrogens with one attached hydrogen (secondary N) is 1. The number of carbonyl (C=O) groups is 1. The fraction of sp³-hybridized carbons (Fsp3) is 0.579. The summed E-state index contributed by atoms with van der Waals surface area (Å²) in [6.45, 7) is 4.63. The molecule has 1 aliphatic carbocycles. The Morgan fingerprint density at radius 2 is 2.21 bits per heavy atom. The number of hydrogen-bond acceptors (Lipinski definition) is 4. The smallest absolute Gasteiger partial charge is 0.225 e. The molecule has 1 aliphatic heterocycles. The highest BCUT2D eigenvalue weighted by Crippen LogP contribution is 2.32. The first-order chi connectivity index (χ1) is 11.6. The van der Waals surface area contributed by atoms with Crippen LogP contribution >= 0.6 is 0 Å². The quantitative estimate of drug-likeness (QED) is 0.901. The number of rotatable bonds is 5. The van der Waals surface area contributed by atoms with Crippen molar-refractivity contribution in [1.29, 1.82) is 5.26 Å². The Kier molecular flexibility index (Phi) is 5.06. The maximum Gasteiger partial charge on any atom is 0.225 e. The molecule has 1 aromatic carbocycles. The number of piperidine rings is 1. The number of nitrogens with zero attached hydrogens (tertiary/aromatic N) is 2. The van der Waals surface area contributed by atoms with E-state index in [0.717, 1.165) is 44.5 Å². The Morgan fingerprint density at radius 3 is 2.83 bits per heavy atom. The van der Waals surface area contributed by atoms with E-state index in [9.17, 15) is 10.1 Å². The molecule has 5 nitrogen and oxygen atoms in total. The molecule has 1 saturated carbocycles. The molecule has 128 valence electrons. The molecule has 0 radical (unpaired) electrons. The average molecular weight is 327 g/mol. The van der Waals surface area contributed by atoms with Crippen molar-refractivity contribution in [3.05, 3.63) is 29.3 Å². The van der Waals surface area contributed by atoms with Crippen LogP contribution in [0.4, 0.5) is 0 Å². The minimum absolute atomic E-state index is 0.311. The van der Waals surface area contributed by atoms with Gasteiger partial charge in [-0.2, -0.15) is 5.26 Å². The van der Waals surface area contributed by atoms with Crippen LogP contribution in [0.25, 0.3) is 0 Å². The van der Waals surface area contributed by atoms with E-state index in [1.165, 1.54) is 0 Å². The van der Waals surface area contributed by atoms with Crippen molar-refractivity contribution in [2.75, 3.05) is 20.2 Å². The summed E-state index contributed by atoms with van der Waals surface area (Å²) in [4.78, 5) is 14.2. The highest BCUT2D eigenvalue weighted by molar-refractivity contribution is 5.81. The molecule has 3 rings (SSSR count). The summed E-state index contributed by atoms with van der Waals surface area (Å²) in [5.74, 6) is 1.72. The van der Waals surface area contributed by atoms with Crippen LogP contribution in [0, 0.1) is 23.2 Å². The maximum absolute atomic E-state index is 12.2. The van der Waals surface area contributed by atoms with Gasteiger partial charge < -0.3 is 15.0 Å². The molecular weight excluding hydrogens is 302 g/mol. The molecule has 1 saturated heterocycles. The topological polar surface area (TPSA) is 65.4 Å². The molecule has 2 atom stereocenters. The normalized spacial score (nSPS) is 23.6. The first-order valence-electron chi connectivity index (χ1n) is 8.71. The van der Waals surface area contributed by atoms with Gasteiger partial charge in [0.05, 0.1) is 12.7 Å². The van der Waals surface area contributed by atoms with Crippen LogP contribution in [0.15, 0.2) is 18.2 Å². The zero-order valence-corrected chi connectivity index (χ0v) is 14.4. The van der Waals surface area contributed by atoms with Crippen molar-refractivity contribution in [2.24, 2.45) is 11.8 Å². The Bertz CT molecular complexity index is 649. The van der Waals surface area contributed by atoms with Crippen LogP contribution in [0.3, 0.4) is 0 Å². The van der Waals surface area contributed by atoms with Gasteiger partial charge in [-0.3, -0.25) is 4.79 Å². The van der Waals surface area contributed by atoms with Gasteiger partial charge in [0.15, 0.2) is 0 Å². The fourth-order valence-corrected chi connectivity index (χ4v) is 3.44. The predicted molar refractivity (Wildman–Crippen MR) is 91.4 cm³/mol. The third kappa shape index (κ3) is 3.70. The van der Waals surface area contributed by atoms with Crippen LogP contribution in [0.1, 0.15) is 37.3 Å². The van der Waals surface area contributed by atoms with E-state index >= 15 is 0 Å². The number of likely N-dealkylation sites (tertiary alicyclic amines) is 1. The van der Waals surface area contributed by atoms with Gasteiger partial charge in [0.2, 0.25) is 5.91 Å². The van der Waals surface area contributed by atoms with Crippen LogP contribution in [0.2, 0.25) is 0 Å². The predicted octanol–water partition coefficient (Wildman–Crippen LogP) is 2.30. The van der Waals surface area contributed by atoms with E-state index in [-0.39, 0.29) is 0 Å². The molecule has 2 aliphatic rings. The van der Waals surface area contributed by atoms with Crippen LogP contribution in [-0.2, 0) is 11.3 Å². The van der Waals surface area contributed by atoms with Crippen LogP contribution in [-0.4, -0.2) is 37.0 Å². The summed E-state index contributed by atoms with van der Waals surface area (Å²) in [6.07, 6.45) is 3.13. The second kappa shape index (κ2) is 7.23. The summed E-state index contributed by atoms with van der Waals surface area (Å²) in [5.41, 5.74) is 1.64. The number of carbonyl (C=O) groups excluding carboxylic acids is 1. The summed E-state index contributed by atoms with van der Waals surface area (Å²) < 4.78 is 5.18. The summed E-state index contributed by atoms with van der Waals surface area (Å²) in [7, 11) is 1.58. The SMILES string of the molecule is COc1ccc(CN[C@@H]2CCN(C(=O)C3CC3)C[C@H]2C)cc1C#N. The van der Waals surface area contributed by atoms with Crippen molar-refractivity contribution >= 4 is 5.91 Å². The van der Waals surface area contributed by atoms with Crippen molar-refractivity contribution in [1.82, 2.24) is 10.2 Å². The number of benzene rings is 1. The lowest BCUT2D eigenvalue weighted by molar-refractivity contribution is -0.134. The standard InChI is InChI=1S/C19H25N3O2/c1-13-12-22(19(23)15-4-5-15)8-7-17(13)21-11-14-3-6-18(24-2)16(9-14)10-20/h3,6,9,13,15,17,21H,4-5,7-8,11-12H2,1-2H3/t13-,17-/m1/s1. The van der Waals surface area contributed by atoms with E-state index in [4.69, 9.17) is 4.74 Å². The lowest BCUT2D eigenvalue weighted by atomic mass is 9.93. The average Bonchev–Trinajstić information content (AvgIpc) is 3.44. The summed E-state index contributed by atoms with van der Waals surface area (Å²) in [5, 5.41) is 12.8. The van der Waals surface area contributed by atoms with E-state index in [0.29, 0.717) is 35.1 Å². The number of ether oxygens (including phenoxy) is 1. The first-order valence-corrected chi connectivity index (χ1v) is 8.71. The largest absolute Gasteiger partial charge is 0.495 e. The van der Waals surface area contributed by atoms with Gasteiger partial charge >= 0.3 is 0 Å². The van der Waals surface area contributed by atoms with Crippen molar-refractivity contribution in [3.63, 3.8) is 0 Å². The van der Waals surface area contributed by atoms with Gasteiger partial charge in [0.1, 0.15) is 11.8 Å². The summed E-state index contributed by atoms with van der Waals surface area (Å²) >= 11 is 0. The molecule has 1 aromatic rings. The van der Waals surface area contributed by atoms with Gasteiger partial charge in [-0.15, -0.1) is 0 Å². The Morgan fingerprint density at radius 1 is 1.42 bits per heavy atom. The zero-order valence-electron chi connectivity index (χ0n) is 14.4. The summed E-state index contributed by atoms with van der Waals surface area (Å²) in [6, 6.07) is 8.28. The monoisotopic (exact) mass is 327 g/mol. The number of amides is 1. The minimum Gasteiger partial charge on any atom is -0.495 e. The van der Waals surface area contributed by atoms with E-state index in [1.807, 2.05) is 23.1 Å². The van der Waals surface area contributed by atoms with E-state index in [1.54, 1.807) is 7.11 Å².